The molecule has 1 N–H and O–H groups in total. The van der Waals surface area contributed by atoms with Gasteiger partial charge in [-0.1, -0.05) is 19.1 Å². The maximum Gasteiger partial charge on any atom is 0.135 e. The third-order valence-electron chi connectivity index (χ3n) is 3.54. The highest BCUT2D eigenvalue weighted by molar-refractivity contribution is 5.62. The van der Waals surface area contributed by atoms with Crippen LogP contribution in [-0.2, 0) is 13.0 Å². The topological polar surface area (TPSA) is 28.2 Å². The summed E-state index contributed by atoms with van der Waals surface area (Å²) in [6, 6.07) is 10.9. The molecular weight excluding hydrogens is 246 g/mol. The molecule has 0 unspecified atom stereocenters. The van der Waals surface area contributed by atoms with Gasteiger partial charge in [0.1, 0.15) is 5.82 Å². The normalized spacial score (nSPS) is 10.6. The average molecular weight is 269 g/mol. The second-order valence-electron chi connectivity index (χ2n) is 5.09. The van der Waals surface area contributed by atoms with Crippen LogP contribution in [0.5, 0.6) is 0 Å². The van der Waals surface area contributed by atoms with Crippen molar-refractivity contribution in [1.29, 1.82) is 0 Å². The first kappa shape index (κ1) is 14.5. The highest BCUT2D eigenvalue weighted by atomic mass is 15.2. The van der Waals surface area contributed by atoms with Crippen molar-refractivity contribution in [2.75, 3.05) is 19.0 Å². The van der Waals surface area contributed by atoms with Crippen molar-refractivity contribution in [3.8, 4) is 0 Å². The van der Waals surface area contributed by atoms with Crippen LogP contribution in [0, 0.1) is 6.92 Å². The molecule has 0 aliphatic carbocycles. The Morgan fingerprint density at radius 1 is 1.15 bits per heavy atom. The Morgan fingerprint density at radius 3 is 2.40 bits per heavy atom. The number of aryl methyl sites for hydroxylation is 2. The van der Waals surface area contributed by atoms with Crippen LogP contribution < -0.4 is 10.2 Å². The van der Waals surface area contributed by atoms with Crippen LogP contribution in [0.3, 0.4) is 0 Å². The Kier molecular flexibility index (Phi) is 4.74. The second-order valence-corrected chi connectivity index (χ2v) is 5.09. The molecule has 1 aromatic heterocycles. The molecule has 0 spiro atoms. The Hall–Kier alpha value is -1.87. The van der Waals surface area contributed by atoms with Gasteiger partial charge in [0.15, 0.2) is 0 Å². The van der Waals surface area contributed by atoms with E-state index in [1.807, 2.05) is 13.2 Å². The van der Waals surface area contributed by atoms with E-state index in [0.717, 1.165) is 18.8 Å². The molecule has 106 valence electrons. The van der Waals surface area contributed by atoms with E-state index < -0.39 is 0 Å². The molecule has 0 aliphatic rings. The van der Waals surface area contributed by atoms with Gasteiger partial charge in [-0.3, -0.25) is 0 Å². The number of nitrogens with one attached hydrogen (secondary N) is 1. The first-order chi connectivity index (χ1) is 9.65. The molecule has 2 rings (SSSR count). The molecular formula is C17H23N3. The lowest BCUT2D eigenvalue weighted by atomic mass is 10.1. The largest absolute Gasteiger partial charge is 0.329 e. The lowest BCUT2D eigenvalue weighted by Crippen LogP contribution is -2.14. The van der Waals surface area contributed by atoms with Gasteiger partial charge in [0, 0.05) is 25.5 Å². The summed E-state index contributed by atoms with van der Waals surface area (Å²) in [5.41, 5.74) is 4.93. The van der Waals surface area contributed by atoms with Gasteiger partial charge in [-0.15, -0.1) is 0 Å². The van der Waals surface area contributed by atoms with E-state index in [4.69, 9.17) is 0 Å². The number of hydrogen-bond acceptors (Lipinski definition) is 3. The van der Waals surface area contributed by atoms with Gasteiger partial charge in [-0.25, -0.2) is 4.98 Å². The molecule has 2 aromatic rings. The summed E-state index contributed by atoms with van der Waals surface area (Å²) in [5.74, 6) is 1.01. The molecule has 1 heterocycles. The highest BCUT2D eigenvalue weighted by Gasteiger charge is 2.09. The van der Waals surface area contributed by atoms with Gasteiger partial charge in [0.05, 0.1) is 0 Å². The lowest BCUT2D eigenvalue weighted by Gasteiger charge is -2.21. The van der Waals surface area contributed by atoms with Crippen molar-refractivity contribution in [2.45, 2.75) is 26.8 Å². The van der Waals surface area contributed by atoms with E-state index in [1.54, 1.807) is 0 Å². The van der Waals surface area contributed by atoms with Crippen molar-refractivity contribution in [3.63, 3.8) is 0 Å². The number of aromatic nitrogens is 1. The molecule has 0 aliphatic heterocycles. The van der Waals surface area contributed by atoms with Crippen molar-refractivity contribution in [1.82, 2.24) is 10.3 Å². The van der Waals surface area contributed by atoms with E-state index in [9.17, 15) is 0 Å². The molecule has 0 saturated carbocycles. The van der Waals surface area contributed by atoms with Gasteiger partial charge >= 0.3 is 0 Å². The summed E-state index contributed by atoms with van der Waals surface area (Å²) < 4.78 is 0. The fourth-order valence-electron chi connectivity index (χ4n) is 2.36. The number of nitrogens with zero attached hydrogens (tertiary/aromatic N) is 2. The van der Waals surface area contributed by atoms with Crippen molar-refractivity contribution in [2.24, 2.45) is 0 Å². The summed E-state index contributed by atoms with van der Waals surface area (Å²) in [6.45, 7) is 5.13. The van der Waals surface area contributed by atoms with Gasteiger partial charge in [-0.2, -0.15) is 0 Å². The Bertz CT molecular complexity index is 561. The van der Waals surface area contributed by atoms with Crippen LogP contribution in [0.4, 0.5) is 11.5 Å². The number of pyridine rings is 1. The molecule has 3 heteroatoms. The minimum atomic E-state index is 0.850. The summed E-state index contributed by atoms with van der Waals surface area (Å²) in [6.07, 6.45) is 3.01. The van der Waals surface area contributed by atoms with E-state index in [1.165, 1.54) is 22.4 Å². The van der Waals surface area contributed by atoms with Gasteiger partial charge in [-0.05, 0) is 55.3 Å². The van der Waals surface area contributed by atoms with E-state index in [-0.39, 0.29) is 0 Å². The first-order valence-corrected chi connectivity index (χ1v) is 7.08. The monoisotopic (exact) mass is 269 g/mol. The van der Waals surface area contributed by atoms with Crippen LogP contribution in [0.2, 0.25) is 0 Å². The van der Waals surface area contributed by atoms with E-state index >= 15 is 0 Å². The predicted octanol–water partition coefficient (Wildman–Crippen LogP) is 3.44. The maximum absolute atomic E-state index is 4.60. The van der Waals surface area contributed by atoms with Crippen molar-refractivity contribution >= 4 is 11.5 Å². The fourth-order valence-corrected chi connectivity index (χ4v) is 2.36. The highest BCUT2D eigenvalue weighted by Crippen LogP contribution is 2.25. The zero-order chi connectivity index (χ0) is 14.5. The maximum atomic E-state index is 4.60. The smallest absolute Gasteiger partial charge is 0.135 e. The van der Waals surface area contributed by atoms with Gasteiger partial charge in [0.25, 0.3) is 0 Å². The second kappa shape index (κ2) is 6.53. The third-order valence-corrected chi connectivity index (χ3v) is 3.54. The minimum Gasteiger partial charge on any atom is -0.329 e. The van der Waals surface area contributed by atoms with Crippen LogP contribution in [0.1, 0.15) is 23.6 Å². The minimum absolute atomic E-state index is 0.850. The Balaban J connectivity index is 2.25. The first-order valence-electron chi connectivity index (χ1n) is 7.08. The van der Waals surface area contributed by atoms with E-state index in [0.29, 0.717) is 0 Å². The molecule has 0 radical (unpaired) electrons. The Labute approximate surface area is 121 Å². The molecule has 1 aromatic carbocycles. The summed E-state index contributed by atoms with van der Waals surface area (Å²) in [5, 5.41) is 3.15. The van der Waals surface area contributed by atoms with Crippen molar-refractivity contribution in [3.05, 3.63) is 53.2 Å². The molecule has 0 saturated heterocycles. The SMILES string of the molecule is CCc1ccc(N(C)c2ncc(CNC)cc2C)cc1. The van der Waals surface area contributed by atoms with Crippen LogP contribution in [-0.4, -0.2) is 19.1 Å². The molecule has 0 amide bonds. The number of anilines is 2. The standard InChI is InChI=1S/C17H23N3/c1-5-14-6-8-16(9-7-14)20(4)17-13(2)10-15(11-18-3)12-19-17/h6-10,12,18H,5,11H2,1-4H3. The van der Waals surface area contributed by atoms with Gasteiger partial charge < -0.3 is 10.2 Å². The molecule has 0 fully saturated rings. The number of hydrogen-bond donors (Lipinski definition) is 1. The Morgan fingerprint density at radius 2 is 1.85 bits per heavy atom. The molecule has 0 atom stereocenters. The summed E-state index contributed by atoms with van der Waals surface area (Å²) in [7, 11) is 4.01. The predicted molar refractivity (Wildman–Crippen MR) is 85.6 cm³/mol. The number of benzene rings is 1. The molecule has 3 nitrogen and oxygen atoms in total. The fraction of sp³-hybridized carbons (Fsp3) is 0.353. The zero-order valence-corrected chi connectivity index (χ0v) is 12.8. The number of rotatable bonds is 5. The summed E-state index contributed by atoms with van der Waals surface area (Å²) >= 11 is 0. The van der Waals surface area contributed by atoms with Gasteiger partial charge in [0.2, 0.25) is 0 Å². The quantitative estimate of drug-likeness (QED) is 0.901. The van der Waals surface area contributed by atoms with Crippen LogP contribution in [0.15, 0.2) is 36.5 Å². The van der Waals surface area contributed by atoms with Crippen LogP contribution >= 0.6 is 0 Å². The third kappa shape index (κ3) is 3.17. The van der Waals surface area contributed by atoms with E-state index in [2.05, 4.69) is 66.4 Å². The van der Waals surface area contributed by atoms with Crippen molar-refractivity contribution < 1.29 is 0 Å². The molecule has 20 heavy (non-hydrogen) atoms. The van der Waals surface area contributed by atoms with Crippen LogP contribution in [0.25, 0.3) is 0 Å². The average Bonchev–Trinajstić information content (AvgIpc) is 2.47. The zero-order valence-electron chi connectivity index (χ0n) is 12.8. The molecule has 0 bridgehead atoms. The lowest BCUT2D eigenvalue weighted by molar-refractivity contribution is 0.811. The summed E-state index contributed by atoms with van der Waals surface area (Å²) in [4.78, 5) is 6.74.